The largest absolute Gasteiger partial charge is 0.460 e. The summed E-state index contributed by atoms with van der Waals surface area (Å²) in [5.41, 5.74) is 6.33. The molecule has 3 rings (SSSR count). The molecule has 19 heavy (non-hydrogen) atoms. The summed E-state index contributed by atoms with van der Waals surface area (Å²) in [5, 5.41) is 1.12. The third-order valence-corrected chi connectivity index (χ3v) is 3.91. The van der Waals surface area contributed by atoms with E-state index in [-0.39, 0.29) is 11.8 Å². The predicted molar refractivity (Wildman–Crippen MR) is 73.3 cm³/mol. The molecule has 2 aromatic rings. The molecule has 1 aromatic heterocycles. The topological polar surface area (TPSA) is 59.5 Å². The zero-order valence-electron chi connectivity index (χ0n) is 11.0. The van der Waals surface area contributed by atoms with Crippen molar-refractivity contribution in [2.45, 2.75) is 13.5 Å². The van der Waals surface area contributed by atoms with E-state index in [1.54, 1.807) is 0 Å². The highest BCUT2D eigenvalue weighted by Gasteiger charge is 2.33. The Labute approximate surface area is 112 Å². The van der Waals surface area contributed by atoms with Crippen molar-refractivity contribution in [1.82, 2.24) is 4.90 Å². The van der Waals surface area contributed by atoms with Gasteiger partial charge in [0.15, 0.2) is 0 Å². The van der Waals surface area contributed by atoms with Gasteiger partial charge in [-0.05, 0) is 18.1 Å². The second kappa shape index (κ2) is 4.70. The van der Waals surface area contributed by atoms with Gasteiger partial charge in [0.05, 0.1) is 12.5 Å². The molecule has 100 valence electrons. The molecule has 0 bridgehead atoms. The molecule has 0 saturated carbocycles. The van der Waals surface area contributed by atoms with Crippen LogP contribution in [0.5, 0.6) is 0 Å². The lowest BCUT2D eigenvalue weighted by molar-refractivity contribution is -0.122. The Morgan fingerprint density at radius 3 is 2.89 bits per heavy atom. The summed E-state index contributed by atoms with van der Waals surface area (Å²) in [6, 6.07) is 10.1. The second-order valence-corrected chi connectivity index (χ2v) is 5.43. The summed E-state index contributed by atoms with van der Waals surface area (Å²) in [6.45, 7) is 4.44. The first-order valence-electron chi connectivity index (χ1n) is 6.62. The van der Waals surface area contributed by atoms with Gasteiger partial charge >= 0.3 is 0 Å². The molecule has 0 unspecified atom stereocenters. The lowest BCUT2D eigenvalue weighted by atomic mass is 9.98. The van der Waals surface area contributed by atoms with Crippen LogP contribution < -0.4 is 5.73 Å². The number of para-hydroxylation sites is 1. The molecule has 1 amide bonds. The Bertz CT molecular complexity index is 572. The second-order valence-electron chi connectivity index (χ2n) is 5.43. The minimum absolute atomic E-state index is 0.0376. The third-order valence-electron chi connectivity index (χ3n) is 3.91. The molecule has 0 aliphatic carbocycles. The molecule has 0 spiro atoms. The number of rotatable bonds is 3. The van der Waals surface area contributed by atoms with Crippen molar-refractivity contribution >= 4 is 16.9 Å². The van der Waals surface area contributed by atoms with Crippen LogP contribution in [-0.4, -0.2) is 23.9 Å². The van der Waals surface area contributed by atoms with Crippen LogP contribution in [0, 0.1) is 11.8 Å². The highest BCUT2D eigenvalue weighted by molar-refractivity contribution is 5.78. The van der Waals surface area contributed by atoms with Gasteiger partial charge in [-0.15, -0.1) is 0 Å². The van der Waals surface area contributed by atoms with E-state index in [1.807, 2.05) is 24.3 Å². The van der Waals surface area contributed by atoms with Crippen LogP contribution in [0.25, 0.3) is 11.0 Å². The monoisotopic (exact) mass is 258 g/mol. The van der Waals surface area contributed by atoms with Crippen LogP contribution in [0.4, 0.5) is 0 Å². The first-order chi connectivity index (χ1) is 9.13. The Morgan fingerprint density at radius 2 is 2.21 bits per heavy atom. The van der Waals surface area contributed by atoms with E-state index >= 15 is 0 Å². The molecule has 1 saturated heterocycles. The molecule has 4 nitrogen and oxygen atoms in total. The summed E-state index contributed by atoms with van der Waals surface area (Å²) >= 11 is 0. The average molecular weight is 258 g/mol. The van der Waals surface area contributed by atoms with Gasteiger partial charge in [0.1, 0.15) is 11.3 Å². The van der Waals surface area contributed by atoms with E-state index in [1.165, 1.54) is 0 Å². The van der Waals surface area contributed by atoms with Crippen LogP contribution in [0.2, 0.25) is 0 Å². The number of amides is 1. The number of hydrogen-bond acceptors (Lipinski definition) is 3. The van der Waals surface area contributed by atoms with Crippen molar-refractivity contribution in [2.75, 3.05) is 13.1 Å². The molecule has 2 atom stereocenters. The molecule has 1 aliphatic heterocycles. The predicted octanol–water partition coefficient (Wildman–Crippen LogP) is 1.99. The summed E-state index contributed by atoms with van der Waals surface area (Å²) in [5.74, 6) is 1.03. The number of benzene rings is 1. The van der Waals surface area contributed by atoms with E-state index in [0.29, 0.717) is 5.92 Å². The highest BCUT2D eigenvalue weighted by atomic mass is 16.3. The Hall–Kier alpha value is -1.81. The Kier molecular flexibility index (Phi) is 3.03. The summed E-state index contributed by atoms with van der Waals surface area (Å²) in [4.78, 5) is 13.6. The molecule has 1 aromatic carbocycles. The van der Waals surface area contributed by atoms with Crippen molar-refractivity contribution in [3.05, 3.63) is 36.1 Å². The molecular weight excluding hydrogens is 240 g/mol. The molecule has 1 fully saturated rings. The fourth-order valence-electron chi connectivity index (χ4n) is 2.90. The number of carbonyl (C=O) groups excluding carboxylic acids is 1. The first-order valence-corrected chi connectivity index (χ1v) is 6.62. The fourth-order valence-corrected chi connectivity index (χ4v) is 2.90. The standard InChI is InChI=1S/C15H18N2O2/c1-10-7-17(9-13(10)15(16)18)8-12-6-11-4-2-3-5-14(11)19-12/h2-6,10,13H,7-9H2,1H3,(H2,16,18)/t10-,13-/m1/s1. The number of furan rings is 1. The minimum atomic E-state index is -0.195. The van der Waals surface area contributed by atoms with Crippen molar-refractivity contribution < 1.29 is 9.21 Å². The summed E-state index contributed by atoms with van der Waals surface area (Å²) in [7, 11) is 0. The number of fused-ring (bicyclic) bond motifs is 1. The van der Waals surface area contributed by atoms with Crippen LogP contribution in [0.1, 0.15) is 12.7 Å². The van der Waals surface area contributed by atoms with Gasteiger partial charge in [-0.25, -0.2) is 0 Å². The van der Waals surface area contributed by atoms with E-state index in [4.69, 9.17) is 10.2 Å². The van der Waals surface area contributed by atoms with Gasteiger partial charge in [-0.1, -0.05) is 25.1 Å². The molecular formula is C15H18N2O2. The molecule has 1 aliphatic rings. The highest BCUT2D eigenvalue weighted by Crippen LogP contribution is 2.26. The number of nitrogens with zero attached hydrogens (tertiary/aromatic N) is 1. The number of nitrogens with two attached hydrogens (primary N) is 1. The SMILES string of the molecule is C[C@@H]1CN(Cc2cc3ccccc3o2)C[C@H]1C(N)=O. The molecule has 2 N–H and O–H groups in total. The van der Waals surface area contributed by atoms with E-state index < -0.39 is 0 Å². The van der Waals surface area contributed by atoms with Crippen LogP contribution in [0.3, 0.4) is 0 Å². The quantitative estimate of drug-likeness (QED) is 0.915. The number of carbonyl (C=O) groups is 1. The zero-order chi connectivity index (χ0) is 13.4. The molecule has 4 heteroatoms. The van der Waals surface area contributed by atoms with Crippen LogP contribution >= 0.6 is 0 Å². The van der Waals surface area contributed by atoms with Gasteiger partial charge in [0.2, 0.25) is 5.91 Å². The van der Waals surface area contributed by atoms with Crippen LogP contribution in [0.15, 0.2) is 34.7 Å². The van der Waals surface area contributed by atoms with Gasteiger partial charge in [0.25, 0.3) is 0 Å². The minimum Gasteiger partial charge on any atom is -0.460 e. The van der Waals surface area contributed by atoms with Gasteiger partial charge in [0, 0.05) is 18.5 Å². The van der Waals surface area contributed by atoms with Crippen molar-refractivity contribution in [3.8, 4) is 0 Å². The Balaban J connectivity index is 1.74. The maximum Gasteiger partial charge on any atom is 0.222 e. The van der Waals surface area contributed by atoms with E-state index in [9.17, 15) is 4.79 Å². The third kappa shape index (κ3) is 2.36. The Morgan fingerprint density at radius 1 is 1.42 bits per heavy atom. The average Bonchev–Trinajstić information content (AvgIpc) is 2.92. The fraction of sp³-hybridized carbons (Fsp3) is 0.400. The lowest BCUT2D eigenvalue weighted by Gasteiger charge is -2.12. The van der Waals surface area contributed by atoms with E-state index in [0.717, 1.165) is 36.4 Å². The van der Waals surface area contributed by atoms with Crippen molar-refractivity contribution in [3.63, 3.8) is 0 Å². The number of hydrogen-bond donors (Lipinski definition) is 1. The number of primary amides is 1. The zero-order valence-corrected chi connectivity index (χ0v) is 11.0. The smallest absolute Gasteiger partial charge is 0.222 e. The van der Waals surface area contributed by atoms with Crippen LogP contribution in [-0.2, 0) is 11.3 Å². The van der Waals surface area contributed by atoms with Gasteiger partial charge in [-0.3, -0.25) is 9.69 Å². The van der Waals surface area contributed by atoms with E-state index in [2.05, 4.69) is 17.9 Å². The molecule has 2 heterocycles. The van der Waals surface area contributed by atoms with Crippen molar-refractivity contribution in [1.29, 1.82) is 0 Å². The van der Waals surface area contributed by atoms with Gasteiger partial charge < -0.3 is 10.2 Å². The molecule has 0 radical (unpaired) electrons. The van der Waals surface area contributed by atoms with Crippen molar-refractivity contribution in [2.24, 2.45) is 17.6 Å². The summed E-state index contributed by atoms with van der Waals surface area (Å²) < 4.78 is 5.80. The first kappa shape index (κ1) is 12.2. The summed E-state index contributed by atoms with van der Waals surface area (Å²) in [6.07, 6.45) is 0. The van der Waals surface area contributed by atoms with Gasteiger partial charge in [-0.2, -0.15) is 0 Å². The maximum absolute atomic E-state index is 11.3. The normalized spacial score (nSPS) is 24.1. The number of likely N-dealkylation sites (tertiary alicyclic amines) is 1. The lowest BCUT2D eigenvalue weighted by Crippen LogP contribution is -2.29. The maximum atomic E-state index is 11.3.